The number of hydrogen-bond acceptors (Lipinski definition) is 2. The predicted molar refractivity (Wildman–Crippen MR) is 52.8 cm³/mol. The van der Waals surface area contributed by atoms with Crippen LogP contribution in [0.4, 0.5) is 0 Å². The smallest absolute Gasteiger partial charge is 0.00218 e. The average molecular weight is 160 g/mol. The van der Waals surface area contributed by atoms with E-state index in [4.69, 9.17) is 0 Å². The van der Waals surface area contributed by atoms with Crippen LogP contribution in [0, 0.1) is 0 Å². The molecule has 0 spiro atoms. The van der Waals surface area contributed by atoms with Gasteiger partial charge in [0, 0.05) is 0 Å². The number of likely N-dealkylation sites (tertiary alicyclic amines) is 1. The van der Waals surface area contributed by atoms with Crippen molar-refractivity contribution in [3.05, 3.63) is 0 Å². The van der Waals surface area contributed by atoms with E-state index < -0.39 is 0 Å². The molecule has 1 saturated heterocycles. The van der Waals surface area contributed by atoms with Gasteiger partial charge in [0.1, 0.15) is 0 Å². The second-order valence-electron chi connectivity index (χ2n) is 2.36. The Kier molecular flexibility index (Phi) is 15.4. The van der Waals surface area contributed by atoms with Crippen molar-refractivity contribution in [3.8, 4) is 0 Å². The zero-order valence-electron chi connectivity index (χ0n) is 8.56. The van der Waals surface area contributed by atoms with Gasteiger partial charge in [-0.15, -0.1) is 0 Å². The van der Waals surface area contributed by atoms with Gasteiger partial charge in [-0.25, -0.2) is 0 Å². The maximum atomic E-state index is 4.50. The molecule has 70 valence electrons. The van der Waals surface area contributed by atoms with Crippen molar-refractivity contribution in [2.24, 2.45) is 5.73 Å². The first-order valence-corrected chi connectivity index (χ1v) is 4.66. The lowest BCUT2D eigenvalue weighted by molar-refractivity contribution is 0.277. The van der Waals surface area contributed by atoms with Crippen LogP contribution in [0.5, 0.6) is 0 Å². The van der Waals surface area contributed by atoms with E-state index in [0.717, 1.165) is 0 Å². The summed E-state index contributed by atoms with van der Waals surface area (Å²) in [5.41, 5.74) is 4.50. The van der Waals surface area contributed by atoms with Crippen LogP contribution >= 0.6 is 0 Å². The molecule has 0 aromatic carbocycles. The maximum absolute atomic E-state index is 4.50. The minimum absolute atomic E-state index is 1.32. The van der Waals surface area contributed by atoms with Crippen LogP contribution in [-0.4, -0.2) is 32.1 Å². The summed E-state index contributed by atoms with van der Waals surface area (Å²) in [5.74, 6) is 0. The van der Waals surface area contributed by atoms with Crippen LogP contribution in [0.25, 0.3) is 0 Å². The molecule has 0 bridgehead atoms. The zero-order valence-corrected chi connectivity index (χ0v) is 8.56. The van der Waals surface area contributed by atoms with Gasteiger partial charge in [0.15, 0.2) is 0 Å². The van der Waals surface area contributed by atoms with Gasteiger partial charge in [-0.1, -0.05) is 20.3 Å². The molecule has 0 amide bonds. The molecule has 0 aromatic heterocycles. The Bertz CT molecular complexity index is 49.5. The van der Waals surface area contributed by atoms with E-state index in [1.165, 1.54) is 39.4 Å². The van der Waals surface area contributed by atoms with Crippen LogP contribution in [-0.2, 0) is 0 Å². The fourth-order valence-electron chi connectivity index (χ4n) is 1.05. The molecule has 1 heterocycles. The van der Waals surface area contributed by atoms with Gasteiger partial charge in [0.05, 0.1) is 0 Å². The fourth-order valence-corrected chi connectivity index (χ4v) is 1.05. The molecule has 0 saturated carbocycles. The van der Waals surface area contributed by atoms with Crippen molar-refractivity contribution in [2.75, 3.05) is 27.2 Å². The number of nitrogens with zero attached hydrogens (tertiary/aromatic N) is 1. The van der Waals surface area contributed by atoms with E-state index in [9.17, 15) is 0 Å². The van der Waals surface area contributed by atoms with Gasteiger partial charge in [0.25, 0.3) is 0 Å². The van der Waals surface area contributed by atoms with Crippen molar-refractivity contribution in [2.45, 2.75) is 33.1 Å². The standard InChI is InChI=1S/C6H13N.C2H6.CH5N/c1-7-5-3-2-4-6-7;2*1-2/h2-6H2,1H3;1-2H3;2H2,1H3. The third kappa shape index (κ3) is 9.92. The van der Waals surface area contributed by atoms with Crippen LogP contribution < -0.4 is 5.73 Å². The summed E-state index contributed by atoms with van der Waals surface area (Å²) in [6.07, 6.45) is 4.28. The van der Waals surface area contributed by atoms with Gasteiger partial charge in [-0.3, -0.25) is 0 Å². The maximum Gasteiger partial charge on any atom is -0.00218 e. The molecular formula is C9H24N2. The minimum atomic E-state index is 1.32. The molecule has 2 N–H and O–H groups in total. The lowest BCUT2D eigenvalue weighted by Crippen LogP contribution is -2.24. The first-order valence-electron chi connectivity index (χ1n) is 4.66. The Morgan fingerprint density at radius 3 is 1.45 bits per heavy atom. The van der Waals surface area contributed by atoms with E-state index in [-0.39, 0.29) is 0 Å². The summed E-state index contributed by atoms with van der Waals surface area (Å²) in [6.45, 7) is 6.64. The second-order valence-corrected chi connectivity index (χ2v) is 2.36. The predicted octanol–water partition coefficient (Wildman–Crippen LogP) is 1.70. The fraction of sp³-hybridized carbons (Fsp3) is 1.00. The molecule has 0 aliphatic carbocycles. The lowest BCUT2D eigenvalue weighted by Gasteiger charge is -2.20. The van der Waals surface area contributed by atoms with Gasteiger partial charge in [-0.2, -0.15) is 0 Å². The van der Waals surface area contributed by atoms with Crippen LogP contribution in [0.15, 0.2) is 0 Å². The second kappa shape index (κ2) is 12.6. The highest BCUT2D eigenvalue weighted by atomic mass is 15.1. The summed E-state index contributed by atoms with van der Waals surface area (Å²) in [6, 6.07) is 0. The topological polar surface area (TPSA) is 29.3 Å². The summed E-state index contributed by atoms with van der Waals surface area (Å²) in [5, 5.41) is 0. The van der Waals surface area contributed by atoms with Gasteiger partial charge >= 0.3 is 0 Å². The first-order chi connectivity index (χ1) is 5.39. The van der Waals surface area contributed by atoms with Gasteiger partial charge < -0.3 is 10.6 Å². The van der Waals surface area contributed by atoms with E-state index in [1.807, 2.05) is 13.8 Å². The number of hydrogen-bond donors (Lipinski definition) is 1. The van der Waals surface area contributed by atoms with E-state index in [1.54, 1.807) is 0 Å². The van der Waals surface area contributed by atoms with Crippen molar-refractivity contribution in [3.63, 3.8) is 0 Å². The minimum Gasteiger partial charge on any atom is -0.333 e. The van der Waals surface area contributed by atoms with E-state index in [2.05, 4.69) is 17.7 Å². The molecule has 0 unspecified atom stereocenters. The first kappa shape index (κ1) is 13.5. The van der Waals surface area contributed by atoms with Gasteiger partial charge in [-0.05, 0) is 40.0 Å². The molecule has 2 nitrogen and oxygen atoms in total. The van der Waals surface area contributed by atoms with Crippen LogP contribution in [0.3, 0.4) is 0 Å². The lowest BCUT2D eigenvalue weighted by atomic mass is 10.1. The Labute approximate surface area is 71.8 Å². The van der Waals surface area contributed by atoms with Crippen LogP contribution in [0.2, 0.25) is 0 Å². The average Bonchev–Trinajstić information content (AvgIpc) is 2.13. The highest BCUT2D eigenvalue weighted by Gasteiger charge is 2.02. The Hall–Kier alpha value is -0.0800. The molecule has 11 heavy (non-hydrogen) atoms. The number of nitrogens with two attached hydrogens (primary N) is 1. The SMILES string of the molecule is CC.CN.CN1CCCCC1. The molecule has 0 aromatic rings. The Morgan fingerprint density at radius 1 is 0.909 bits per heavy atom. The van der Waals surface area contributed by atoms with Crippen molar-refractivity contribution in [1.29, 1.82) is 0 Å². The third-order valence-electron chi connectivity index (χ3n) is 1.58. The normalized spacial score (nSPS) is 17.2. The van der Waals surface area contributed by atoms with Crippen LogP contribution in [0.1, 0.15) is 33.1 Å². The largest absolute Gasteiger partial charge is 0.333 e. The van der Waals surface area contributed by atoms with Crippen molar-refractivity contribution >= 4 is 0 Å². The molecule has 1 aliphatic rings. The molecule has 2 heteroatoms. The molecule has 0 atom stereocenters. The molecule has 1 aliphatic heterocycles. The number of rotatable bonds is 0. The van der Waals surface area contributed by atoms with Crippen molar-refractivity contribution in [1.82, 2.24) is 4.90 Å². The van der Waals surface area contributed by atoms with Crippen molar-refractivity contribution < 1.29 is 0 Å². The molecule has 1 fully saturated rings. The highest BCUT2D eigenvalue weighted by Crippen LogP contribution is 2.04. The Morgan fingerprint density at radius 2 is 1.27 bits per heavy atom. The van der Waals surface area contributed by atoms with E-state index in [0.29, 0.717) is 0 Å². The molecule has 1 rings (SSSR count). The zero-order chi connectivity index (χ0) is 9.11. The number of piperidine rings is 1. The van der Waals surface area contributed by atoms with E-state index >= 15 is 0 Å². The highest BCUT2D eigenvalue weighted by molar-refractivity contribution is 4.58. The summed E-state index contributed by atoms with van der Waals surface area (Å²) in [7, 11) is 3.69. The molecular weight excluding hydrogens is 136 g/mol. The summed E-state index contributed by atoms with van der Waals surface area (Å²) < 4.78 is 0. The molecule has 0 radical (unpaired) electrons. The monoisotopic (exact) mass is 160 g/mol. The summed E-state index contributed by atoms with van der Waals surface area (Å²) in [4.78, 5) is 2.39. The summed E-state index contributed by atoms with van der Waals surface area (Å²) >= 11 is 0. The quantitative estimate of drug-likeness (QED) is 0.584. The van der Waals surface area contributed by atoms with Gasteiger partial charge in [0.2, 0.25) is 0 Å². The Balaban J connectivity index is 0. The third-order valence-corrected chi connectivity index (χ3v) is 1.58.